The molecule has 1 unspecified atom stereocenters. The second kappa shape index (κ2) is 9.38. The summed E-state index contributed by atoms with van der Waals surface area (Å²) in [6, 6.07) is 10.2. The van der Waals surface area contributed by atoms with E-state index >= 15 is 0 Å². The first-order valence-electron chi connectivity index (χ1n) is 12.0. The molecule has 3 aromatic heterocycles. The molecule has 1 aliphatic heterocycles. The summed E-state index contributed by atoms with van der Waals surface area (Å²) in [5.74, 6) is 0.800. The molecule has 0 aliphatic carbocycles. The maximum atomic E-state index is 13.7. The van der Waals surface area contributed by atoms with Crippen LogP contribution in [0.4, 0.5) is 5.95 Å². The fourth-order valence-corrected chi connectivity index (χ4v) is 4.88. The number of benzene rings is 1. The van der Waals surface area contributed by atoms with Crippen molar-refractivity contribution in [1.29, 1.82) is 0 Å². The van der Waals surface area contributed by atoms with Gasteiger partial charge in [-0.25, -0.2) is 9.67 Å². The van der Waals surface area contributed by atoms with Crippen molar-refractivity contribution < 1.29 is 0 Å². The topological polar surface area (TPSA) is 94.9 Å². The second-order valence-corrected chi connectivity index (χ2v) is 9.12. The van der Waals surface area contributed by atoms with E-state index in [9.17, 15) is 4.79 Å². The third-order valence-corrected chi connectivity index (χ3v) is 6.49. The quantitative estimate of drug-likeness (QED) is 0.446. The Hall–Kier alpha value is -3.52. The molecule has 34 heavy (non-hydrogen) atoms. The molecule has 1 saturated heterocycles. The normalized spacial score (nSPS) is 17.1. The van der Waals surface area contributed by atoms with Crippen molar-refractivity contribution in [2.45, 2.75) is 52.2 Å². The van der Waals surface area contributed by atoms with Gasteiger partial charge >= 0.3 is 0 Å². The SMILES string of the molecule is CC/C=C(\C)Cn1c(N2CCCC(N)C2)nc2cnn(Cc3nccc4ccccc34)c(=O)c21. The zero-order valence-electron chi connectivity index (χ0n) is 19.8. The van der Waals surface area contributed by atoms with Crippen molar-refractivity contribution in [2.24, 2.45) is 5.73 Å². The minimum Gasteiger partial charge on any atom is -0.341 e. The number of hydrogen-bond donors (Lipinski definition) is 1. The third kappa shape index (κ3) is 4.21. The molecule has 0 amide bonds. The highest BCUT2D eigenvalue weighted by molar-refractivity contribution is 5.84. The highest BCUT2D eigenvalue weighted by atomic mass is 16.1. The highest BCUT2D eigenvalue weighted by Gasteiger charge is 2.24. The molecule has 4 aromatic rings. The van der Waals surface area contributed by atoms with Gasteiger partial charge in [-0.15, -0.1) is 0 Å². The maximum Gasteiger partial charge on any atom is 0.293 e. The molecule has 4 heterocycles. The number of nitrogens with two attached hydrogens (primary N) is 1. The lowest BCUT2D eigenvalue weighted by Gasteiger charge is -2.32. The van der Waals surface area contributed by atoms with E-state index < -0.39 is 0 Å². The zero-order valence-corrected chi connectivity index (χ0v) is 19.8. The molecule has 1 aromatic carbocycles. The van der Waals surface area contributed by atoms with Crippen LogP contribution in [-0.2, 0) is 13.1 Å². The van der Waals surface area contributed by atoms with Crippen molar-refractivity contribution >= 4 is 27.8 Å². The number of nitrogens with zero attached hydrogens (tertiary/aromatic N) is 6. The Morgan fingerprint density at radius 2 is 2.12 bits per heavy atom. The van der Waals surface area contributed by atoms with E-state index in [0.29, 0.717) is 24.1 Å². The molecule has 1 atom stereocenters. The molecule has 1 aliphatic rings. The van der Waals surface area contributed by atoms with Crippen LogP contribution in [0.1, 0.15) is 38.8 Å². The first-order valence-corrected chi connectivity index (χ1v) is 12.0. The Kier molecular flexibility index (Phi) is 6.15. The number of fused-ring (bicyclic) bond motifs is 2. The summed E-state index contributed by atoms with van der Waals surface area (Å²) in [5.41, 5.74) is 9.32. The Labute approximate surface area is 198 Å². The van der Waals surface area contributed by atoms with Crippen LogP contribution < -0.4 is 16.2 Å². The summed E-state index contributed by atoms with van der Waals surface area (Å²) in [4.78, 5) is 25.4. The van der Waals surface area contributed by atoms with E-state index in [1.54, 1.807) is 12.4 Å². The van der Waals surface area contributed by atoms with Crippen LogP contribution in [-0.4, -0.2) is 43.4 Å². The summed E-state index contributed by atoms with van der Waals surface area (Å²) in [6.45, 7) is 6.75. The highest BCUT2D eigenvalue weighted by Crippen LogP contribution is 2.25. The molecule has 0 radical (unpaired) electrons. The lowest BCUT2D eigenvalue weighted by molar-refractivity contribution is 0.495. The van der Waals surface area contributed by atoms with E-state index in [-0.39, 0.29) is 11.6 Å². The van der Waals surface area contributed by atoms with Gasteiger partial charge in [0.1, 0.15) is 11.0 Å². The van der Waals surface area contributed by atoms with Crippen molar-refractivity contribution in [1.82, 2.24) is 24.3 Å². The summed E-state index contributed by atoms with van der Waals surface area (Å²) < 4.78 is 3.55. The predicted octanol–water partition coefficient (Wildman–Crippen LogP) is 3.47. The molecule has 0 bridgehead atoms. The molecule has 0 spiro atoms. The first-order chi connectivity index (χ1) is 16.5. The molecular weight excluding hydrogens is 426 g/mol. The minimum absolute atomic E-state index is 0.113. The van der Waals surface area contributed by atoms with Crippen LogP contribution >= 0.6 is 0 Å². The van der Waals surface area contributed by atoms with Crippen molar-refractivity contribution in [3.8, 4) is 0 Å². The number of aromatic nitrogens is 5. The van der Waals surface area contributed by atoms with E-state index in [4.69, 9.17) is 10.7 Å². The van der Waals surface area contributed by atoms with Crippen molar-refractivity contribution in [3.63, 3.8) is 0 Å². The molecule has 1 fully saturated rings. The van der Waals surface area contributed by atoms with Crippen LogP contribution in [0.5, 0.6) is 0 Å². The van der Waals surface area contributed by atoms with Crippen LogP contribution in [0.25, 0.3) is 21.8 Å². The van der Waals surface area contributed by atoms with Gasteiger partial charge in [-0.3, -0.25) is 9.78 Å². The number of piperidine rings is 1. The number of rotatable bonds is 6. The first kappa shape index (κ1) is 22.3. The number of pyridine rings is 1. The summed E-state index contributed by atoms with van der Waals surface area (Å²) in [5, 5.41) is 6.59. The fourth-order valence-electron chi connectivity index (χ4n) is 4.88. The second-order valence-electron chi connectivity index (χ2n) is 9.12. The van der Waals surface area contributed by atoms with E-state index in [1.165, 1.54) is 10.3 Å². The standard InChI is InChI=1S/C26H31N7O/c1-3-7-18(2)15-32-24-22(30-26(32)31-13-6-9-20(27)16-31)14-29-33(25(24)34)17-23-21-10-5-4-8-19(21)11-12-28-23/h4-5,7-8,10-12,14,20H,3,6,9,13,15-17,27H2,1-2H3/b18-7+. The molecule has 0 saturated carbocycles. The van der Waals surface area contributed by atoms with Crippen molar-refractivity contribution in [3.05, 3.63) is 70.4 Å². The van der Waals surface area contributed by atoms with Gasteiger partial charge in [0, 0.05) is 37.3 Å². The van der Waals surface area contributed by atoms with Crippen LogP contribution in [0.3, 0.4) is 0 Å². The number of imidazole rings is 1. The molecule has 5 rings (SSSR count). The number of allylic oxidation sites excluding steroid dienone is 2. The van der Waals surface area contributed by atoms with E-state index in [2.05, 4.69) is 34.9 Å². The zero-order chi connectivity index (χ0) is 23.7. The summed E-state index contributed by atoms with van der Waals surface area (Å²) in [6.07, 6.45) is 8.65. The average Bonchev–Trinajstić information content (AvgIpc) is 3.20. The molecular formula is C26H31N7O. The van der Waals surface area contributed by atoms with Gasteiger partial charge in [-0.05, 0) is 37.6 Å². The Bertz CT molecular complexity index is 1410. The van der Waals surface area contributed by atoms with Crippen molar-refractivity contribution in [2.75, 3.05) is 18.0 Å². The Morgan fingerprint density at radius 3 is 2.94 bits per heavy atom. The van der Waals surface area contributed by atoms with Crippen LogP contribution in [0, 0.1) is 0 Å². The molecule has 2 N–H and O–H groups in total. The average molecular weight is 458 g/mol. The fraction of sp³-hybridized carbons (Fsp3) is 0.385. The van der Waals surface area contributed by atoms with Gasteiger partial charge < -0.3 is 15.2 Å². The summed E-state index contributed by atoms with van der Waals surface area (Å²) in [7, 11) is 0. The number of anilines is 1. The van der Waals surface area contributed by atoms with E-state index in [1.807, 2.05) is 34.9 Å². The molecule has 8 nitrogen and oxygen atoms in total. The monoisotopic (exact) mass is 457 g/mol. The lowest BCUT2D eigenvalue weighted by atomic mass is 10.1. The predicted molar refractivity (Wildman–Crippen MR) is 136 cm³/mol. The number of hydrogen-bond acceptors (Lipinski definition) is 6. The third-order valence-electron chi connectivity index (χ3n) is 6.49. The van der Waals surface area contributed by atoms with Gasteiger partial charge in [0.2, 0.25) is 5.95 Å². The Balaban J connectivity index is 1.62. The summed E-state index contributed by atoms with van der Waals surface area (Å²) >= 11 is 0. The maximum absolute atomic E-state index is 13.7. The van der Waals surface area contributed by atoms with Gasteiger partial charge in [0.05, 0.1) is 18.4 Å². The van der Waals surface area contributed by atoms with E-state index in [0.717, 1.165) is 54.8 Å². The van der Waals surface area contributed by atoms with Crippen LogP contribution in [0.15, 0.2) is 59.2 Å². The smallest absolute Gasteiger partial charge is 0.293 e. The van der Waals surface area contributed by atoms with Gasteiger partial charge in [0.15, 0.2) is 0 Å². The molecule has 176 valence electrons. The van der Waals surface area contributed by atoms with Crippen LogP contribution in [0.2, 0.25) is 0 Å². The van der Waals surface area contributed by atoms with Gasteiger partial charge in [0.25, 0.3) is 5.56 Å². The minimum atomic E-state index is -0.156. The van der Waals surface area contributed by atoms with Gasteiger partial charge in [-0.1, -0.05) is 42.8 Å². The van der Waals surface area contributed by atoms with Gasteiger partial charge in [-0.2, -0.15) is 5.10 Å². The molecule has 8 heteroatoms. The Morgan fingerprint density at radius 1 is 1.26 bits per heavy atom. The largest absolute Gasteiger partial charge is 0.341 e. The lowest BCUT2D eigenvalue weighted by Crippen LogP contribution is -2.44.